The van der Waals surface area contributed by atoms with Crippen LogP contribution in [0.25, 0.3) is 10.9 Å². The number of benzene rings is 2. The third kappa shape index (κ3) is 3.91. The molecule has 3 rings (SSSR count). The third-order valence-corrected chi connectivity index (χ3v) is 6.43. The molecule has 0 fully saturated rings. The zero-order valence-electron chi connectivity index (χ0n) is 13.1. The molecule has 3 aromatic rings. The molecule has 1 N–H and O–H groups in total. The van der Waals surface area contributed by atoms with Crippen molar-refractivity contribution in [1.29, 1.82) is 0 Å². The van der Waals surface area contributed by atoms with Crippen LogP contribution in [0, 0.1) is 0 Å². The standard InChI is InChI=1S/C17H14BrNO4S2/c1-25(22,23)12-7-5-11(6-8-12)24-15-9-19(10-16(20)21)14-4-2-3-13(18)17(14)15/h2-9H,10H2,1H3,(H,20,21). The maximum absolute atomic E-state index is 11.6. The zero-order valence-corrected chi connectivity index (χ0v) is 16.4. The predicted octanol–water partition coefficient (Wildman–Crippen LogP) is 4.04. The first-order chi connectivity index (χ1) is 11.8. The van der Waals surface area contributed by atoms with Crippen molar-refractivity contribution in [2.75, 3.05) is 6.26 Å². The van der Waals surface area contributed by atoms with Crippen molar-refractivity contribution in [1.82, 2.24) is 4.57 Å². The van der Waals surface area contributed by atoms with Crippen LogP contribution < -0.4 is 0 Å². The summed E-state index contributed by atoms with van der Waals surface area (Å²) in [5.41, 5.74) is 0.826. The molecule has 8 heteroatoms. The van der Waals surface area contributed by atoms with Gasteiger partial charge in [0, 0.05) is 32.1 Å². The highest BCUT2D eigenvalue weighted by Gasteiger charge is 2.14. The quantitative estimate of drug-likeness (QED) is 0.648. The Hall–Kier alpha value is -1.77. The van der Waals surface area contributed by atoms with E-state index in [2.05, 4.69) is 15.9 Å². The Kier molecular flexibility index (Phi) is 4.95. The fraction of sp³-hybridized carbons (Fsp3) is 0.118. The summed E-state index contributed by atoms with van der Waals surface area (Å²) in [4.78, 5) is 13.1. The molecule has 0 unspecified atom stereocenters. The lowest BCUT2D eigenvalue weighted by Crippen LogP contribution is -2.07. The lowest BCUT2D eigenvalue weighted by atomic mass is 10.2. The Morgan fingerprint density at radius 2 is 1.88 bits per heavy atom. The Morgan fingerprint density at radius 1 is 1.20 bits per heavy atom. The van der Waals surface area contributed by atoms with Gasteiger partial charge in [-0.05, 0) is 36.4 Å². The Morgan fingerprint density at radius 3 is 2.48 bits per heavy atom. The number of fused-ring (bicyclic) bond motifs is 1. The van der Waals surface area contributed by atoms with Gasteiger partial charge < -0.3 is 9.67 Å². The second-order valence-electron chi connectivity index (χ2n) is 5.49. The topological polar surface area (TPSA) is 76.4 Å². The molecule has 2 aromatic carbocycles. The van der Waals surface area contributed by atoms with E-state index in [-0.39, 0.29) is 11.4 Å². The monoisotopic (exact) mass is 439 g/mol. The van der Waals surface area contributed by atoms with Crippen LogP contribution in [0.4, 0.5) is 0 Å². The number of hydrogen-bond donors (Lipinski definition) is 1. The molecule has 0 aliphatic rings. The average molecular weight is 440 g/mol. The number of halogens is 1. The average Bonchev–Trinajstić information content (AvgIpc) is 2.85. The molecule has 0 atom stereocenters. The van der Waals surface area contributed by atoms with E-state index in [4.69, 9.17) is 5.11 Å². The van der Waals surface area contributed by atoms with Gasteiger partial charge in [0.15, 0.2) is 9.84 Å². The number of sulfone groups is 1. The molecule has 0 aliphatic carbocycles. The van der Waals surface area contributed by atoms with Crippen LogP contribution in [-0.2, 0) is 21.2 Å². The number of rotatable bonds is 5. The molecule has 1 heterocycles. The summed E-state index contributed by atoms with van der Waals surface area (Å²) in [5, 5.41) is 10.0. The van der Waals surface area contributed by atoms with Crippen LogP contribution in [0.1, 0.15) is 0 Å². The molecule has 5 nitrogen and oxygen atoms in total. The lowest BCUT2D eigenvalue weighted by molar-refractivity contribution is -0.137. The number of carboxylic acid groups (broad SMARTS) is 1. The first-order valence-electron chi connectivity index (χ1n) is 7.23. The first kappa shape index (κ1) is 18.0. The van der Waals surface area contributed by atoms with Crippen molar-refractivity contribution in [3.63, 3.8) is 0 Å². The van der Waals surface area contributed by atoms with Crippen LogP contribution in [-0.4, -0.2) is 30.3 Å². The Bertz CT molecular complexity index is 1060. The molecule has 0 spiro atoms. The fourth-order valence-corrected chi connectivity index (χ4v) is 4.86. The number of nitrogens with zero attached hydrogens (tertiary/aromatic N) is 1. The molecule has 1 aromatic heterocycles. The molecule has 0 radical (unpaired) electrons. The van der Waals surface area contributed by atoms with E-state index in [1.807, 2.05) is 18.2 Å². The van der Waals surface area contributed by atoms with Crippen molar-refractivity contribution in [2.24, 2.45) is 0 Å². The summed E-state index contributed by atoms with van der Waals surface area (Å²) in [6, 6.07) is 12.3. The minimum absolute atomic E-state index is 0.124. The number of carbonyl (C=O) groups is 1. The molecular formula is C17H14BrNO4S2. The number of aliphatic carboxylic acids is 1. The predicted molar refractivity (Wildman–Crippen MR) is 101 cm³/mol. The van der Waals surface area contributed by atoms with Crippen molar-refractivity contribution < 1.29 is 18.3 Å². The summed E-state index contributed by atoms with van der Waals surface area (Å²) in [6.45, 7) is -0.124. The number of hydrogen-bond acceptors (Lipinski definition) is 4. The minimum Gasteiger partial charge on any atom is -0.480 e. The molecule has 0 saturated heterocycles. The summed E-state index contributed by atoms with van der Waals surface area (Å²) in [6.07, 6.45) is 2.98. The molecule has 0 aliphatic heterocycles. The van der Waals surface area contributed by atoms with Crippen molar-refractivity contribution >= 4 is 54.4 Å². The van der Waals surface area contributed by atoms with E-state index < -0.39 is 15.8 Å². The lowest BCUT2D eigenvalue weighted by Gasteiger charge is -2.03. The van der Waals surface area contributed by atoms with Crippen molar-refractivity contribution in [2.45, 2.75) is 21.2 Å². The van der Waals surface area contributed by atoms with E-state index >= 15 is 0 Å². The van der Waals surface area contributed by atoms with Crippen LogP contribution in [0.3, 0.4) is 0 Å². The van der Waals surface area contributed by atoms with Gasteiger partial charge in [0.05, 0.1) is 10.4 Å². The van der Waals surface area contributed by atoms with Crippen molar-refractivity contribution in [3.05, 3.63) is 53.1 Å². The molecule has 0 saturated carbocycles. The maximum Gasteiger partial charge on any atom is 0.323 e. The van der Waals surface area contributed by atoms with E-state index in [1.54, 1.807) is 35.0 Å². The summed E-state index contributed by atoms with van der Waals surface area (Å²) in [5.74, 6) is -0.911. The van der Waals surface area contributed by atoms with Gasteiger partial charge in [-0.2, -0.15) is 0 Å². The van der Waals surface area contributed by atoms with Gasteiger partial charge in [-0.1, -0.05) is 33.8 Å². The SMILES string of the molecule is CS(=O)(=O)c1ccc(Sc2cn(CC(=O)O)c3cccc(Br)c23)cc1. The Labute approximate surface area is 157 Å². The van der Waals surface area contributed by atoms with Gasteiger partial charge in [-0.15, -0.1) is 0 Å². The molecule has 130 valence electrons. The van der Waals surface area contributed by atoms with Crippen LogP contribution in [0.15, 0.2) is 67.8 Å². The normalized spacial score (nSPS) is 11.8. The minimum atomic E-state index is -3.23. The second kappa shape index (κ2) is 6.86. The maximum atomic E-state index is 11.6. The summed E-state index contributed by atoms with van der Waals surface area (Å²) < 4.78 is 25.7. The van der Waals surface area contributed by atoms with Crippen molar-refractivity contribution in [3.8, 4) is 0 Å². The van der Waals surface area contributed by atoms with Crippen LogP contribution >= 0.6 is 27.7 Å². The fourth-order valence-electron chi connectivity index (χ4n) is 2.51. The summed E-state index contributed by atoms with van der Waals surface area (Å²) in [7, 11) is -3.23. The van der Waals surface area contributed by atoms with Crippen LogP contribution in [0.5, 0.6) is 0 Å². The van der Waals surface area contributed by atoms with Gasteiger partial charge in [-0.25, -0.2) is 8.42 Å². The third-order valence-electron chi connectivity index (χ3n) is 3.61. The highest BCUT2D eigenvalue weighted by molar-refractivity contribution is 9.10. The molecule has 25 heavy (non-hydrogen) atoms. The Balaban J connectivity index is 2.02. The summed E-state index contributed by atoms with van der Waals surface area (Å²) >= 11 is 4.98. The number of carboxylic acids is 1. The van der Waals surface area contributed by atoms with Gasteiger partial charge >= 0.3 is 5.97 Å². The van der Waals surface area contributed by atoms with E-state index in [0.29, 0.717) is 0 Å². The first-order valence-corrected chi connectivity index (χ1v) is 10.7. The smallest absolute Gasteiger partial charge is 0.323 e. The number of aromatic nitrogens is 1. The van der Waals surface area contributed by atoms with E-state index in [1.165, 1.54) is 18.0 Å². The van der Waals surface area contributed by atoms with Gasteiger partial charge in [0.2, 0.25) is 0 Å². The van der Waals surface area contributed by atoms with E-state index in [0.717, 1.165) is 25.2 Å². The van der Waals surface area contributed by atoms with Gasteiger partial charge in [0.1, 0.15) is 6.54 Å². The van der Waals surface area contributed by atoms with Gasteiger partial charge in [0.25, 0.3) is 0 Å². The molecular weight excluding hydrogens is 426 g/mol. The highest BCUT2D eigenvalue weighted by Crippen LogP contribution is 2.38. The molecule has 0 amide bonds. The highest BCUT2D eigenvalue weighted by atomic mass is 79.9. The second-order valence-corrected chi connectivity index (χ2v) is 9.48. The molecule has 0 bridgehead atoms. The zero-order chi connectivity index (χ0) is 18.2. The van der Waals surface area contributed by atoms with E-state index in [9.17, 15) is 13.2 Å². The van der Waals surface area contributed by atoms with Gasteiger partial charge in [-0.3, -0.25) is 4.79 Å². The van der Waals surface area contributed by atoms with Crippen LogP contribution in [0.2, 0.25) is 0 Å². The largest absolute Gasteiger partial charge is 0.480 e.